The number of nitrogens with zero attached hydrogens (tertiary/aromatic N) is 1. The van der Waals surface area contributed by atoms with Gasteiger partial charge in [0.05, 0.1) is 6.04 Å². The maximum atomic E-state index is 11.8. The SMILES string of the molecule is CCO[C@@H]1C[C@H]2C(=O)OC[C@@H](c3ccccc3)N2O1. The van der Waals surface area contributed by atoms with Crippen LogP contribution in [-0.4, -0.2) is 36.6 Å². The Labute approximate surface area is 112 Å². The molecule has 102 valence electrons. The van der Waals surface area contributed by atoms with Crippen LogP contribution in [0, 0.1) is 0 Å². The van der Waals surface area contributed by atoms with Crippen molar-refractivity contribution in [1.82, 2.24) is 5.06 Å². The van der Waals surface area contributed by atoms with Gasteiger partial charge in [-0.25, -0.2) is 0 Å². The Morgan fingerprint density at radius 3 is 2.84 bits per heavy atom. The van der Waals surface area contributed by atoms with Crippen LogP contribution in [-0.2, 0) is 19.1 Å². The standard InChI is InChI=1S/C14H17NO4/c1-2-17-13-8-11-14(16)18-9-12(15(11)19-13)10-6-4-3-5-7-10/h3-7,11-13H,2,8-9H2,1H3/t11-,12-,13-/m0/s1. The minimum atomic E-state index is -0.365. The van der Waals surface area contributed by atoms with E-state index in [0.29, 0.717) is 19.6 Å². The van der Waals surface area contributed by atoms with Gasteiger partial charge in [-0.2, -0.15) is 5.06 Å². The molecule has 0 amide bonds. The Morgan fingerprint density at radius 1 is 1.32 bits per heavy atom. The zero-order valence-corrected chi connectivity index (χ0v) is 10.8. The predicted molar refractivity (Wildman–Crippen MR) is 66.9 cm³/mol. The van der Waals surface area contributed by atoms with Crippen molar-refractivity contribution in [2.24, 2.45) is 0 Å². The minimum absolute atomic E-state index is 0.0608. The van der Waals surface area contributed by atoms with Crippen molar-refractivity contribution in [3.63, 3.8) is 0 Å². The Hall–Kier alpha value is -1.43. The van der Waals surface area contributed by atoms with Gasteiger partial charge in [0, 0.05) is 13.0 Å². The highest BCUT2D eigenvalue weighted by Crippen LogP contribution is 2.35. The first kappa shape index (κ1) is 12.6. The van der Waals surface area contributed by atoms with Gasteiger partial charge in [-0.3, -0.25) is 9.63 Å². The van der Waals surface area contributed by atoms with Crippen LogP contribution < -0.4 is 0 Å². The number of carbonyl (C=O) groups excluding carboxylic acids is 1. The average Bonchev–Trinajstić information content (AvgIpc) is 2.85. The van der Waals surface area contributed by atoms with Crippen LogP contribution in [0.5, 0.6) is 0 Å². The fraction of sp³-hybridized carbons (Fsp3) is 0.500. The van der Waals surface area contributed by atoms with Gasteiger partial charge in [-0.1, -0.05) is 30.3 Å². The molecule has 1 aromatic rings. The van der Waals surface area contributed by atoms with Crippen LogP contribution in [0.15, 0.2) is 30.3 Å². The number of fused-ring (bicyclic) bond motifs is 1. The second-order valence-electron chi connectivity index (χ2n) is 4.66. The van der Waals surface area contributed by atoms with E-state index in [0.717, 1.165) is 5.56 Å². The summed E-state index contributed by atoms with van der Waals surface area (Å²) in [5.74, 6) is -0.227. The van der Waals surface area contributed by atoms with Crippen molar-refractivity contribution < 1.29 is 19.1 Å². The molecule has 5 nitrogen and oxygen atoms in total. The van der Waals surface area contributed by atoms with Crippen LogP contribution >= 0.6 is 0 Å². The van der Waals surface area contributed by atoms with E-state index < -0.39 is 0 Å². The molecule has 0 aliphatic carbocycles. The van der Waals surface area contributed by atoms with Crippen LogP contribution in [0.4, 0.5) is 0 Å². The number of ether oxygens (including phenoxy) is 2. The van der Waals surface area contributed by atoms with E-state index >= 15 is 0 Å². The normalized spacial score (nSPS) is 31.0. The lowest BCUT2D eigenvalue weighted by molar-refractivity contribution is -0.270. The third-order valence-electron chi connectivity index (χ3n) is 3.46. The molecular weight excluding hydrogens is 246 g/mol. The van der Waals surface area contributed by atoms with Crippen molar-refractivity contribution in [2.75, 3.05) is 13.2 Å². The van der Waals surface area contributed by atoms with E-state index in [9.17, 15) is 4.79 Å². The first-order valence-corrected chi connectivity index (χ1v) is 6.58. The molecule has 0 bridgehead atoms. The summed E-state index contributed by atoms with van der Waals surface area (Å²) in [5, 5.41) is 1.74. The minimum Gasteiger partial charge on any atom is -0.462 e. The van der Waals surface area contributed by atoms with Crippen LogP contribution in [0.2, 0.25) is 0 Å². The molecule has 2 heterocycles. The fourth-order valence-electron chi connectivity index (χ4n) is 2.56. The molecule has 2 aliphatic heterocycles. The topological polar surface area (TPSA) is 48.0 Å². The summed E-state index contributed by atoms with van der Waals surface area (Å²) in [6, 6.07) is 9.50. The van der Waals surface area contributed by atoms with E-state index in [-0.39, 0.29) is 24.3 Å². The van der Waals surface area contributed by atoms with Crippen LogP contribution in [0.25, 0.3) is 0 Å². The van der Waals surface area contributed by atoms with Gasteiger partial charge in [0.2, 0.25) is 0 Å². The van der Waals surface area contributed by atoms with Crippen LogP contribution in [0.3, 0.4) is 0 Å². The molecule has 0 N–H and O–H groups in total. The number of esters is 1. The Balaban J connectivity index is 1.82. The summed E-state index contributed by atoms with van der Waals surface area (Å²) in [5.41, 5.74) is 1.08. The zero-order chi connectivity index (χ0) is 13.2. The summed E-state index contributed by atoms with van der Waals surface area (Å²) in [6.07, 6.45) is 0.169. The summed E-state index contributed by atoms with van der Waals surface area (Å²) in [4.78, 5) is 17.6. The van der Waals surface area contributed by atoms with Crippen molar-refractivity contribution >= 4 is 5.97 Å². The number of cyclic esters (lactones) is 1. The number of hydrogen-bond donors (Lipinski definition) is 0. The summed E-state index contributed by atoms with van der Waals surface area (Å²) >= 11 is 0. The molecule has 3 atom stereocenters. The average molecular weight is 263 g/mol. The number of carbonyl (C=O) groups is 1. The molecule has 0 aromatic heterocycles. The highest BCUT2D eigenvalue weighted by atomic mass is 16.8. The summed E-state index contributed by atoms with van der Waals surface area (Å²) < 4.78 is 10.7. The molecule has 2 saturated heterocycles. The number of rotatable bonds is 3. The zero-order valence-electron chi connectivity index (χ0n) is 10.8. The molecule has 0 saturated carbocycles. The van der Waals surface area contributed by atoms with Gasteiger partial charge >= 0.3 is 5.97 Å². The molecule has 3 rings (SSSR count). The molecule has 2 fully saturated rings. The molecule has 0 unspecified atom stereocenters. The van der Waals surface area contributed by atoms with E-state index in [1.54, 1.807) is 5.06 Å². The maximum absolute atomic E-state index is 11.8. The Kier molecular flexibility index (Phi) is 3.50. The molecule has 19 heavy (non-hydrogen) atoms. The lowest BCUT2D eigenvalue weighted by atomic mass is 10.0. The quantitative estimate of drug-likeness (QED) is 0.776. The van der Waals surface area contributed by atoms with Crippen molar-refractivity contribution in [1.29, 1.82) is 0 Å². The molecule has 1 aromatic carbocycles. The van der Waals surface area contributed by atoms with Crippen molar-refractivity contribution in [2.45, 2.75) is 31.7 Å². The molecular formula is C14H17NO4. The van der Waals surface area contributed by atoms with E-state index in [1.807, 2.05) is 37.3 Å². The van der Waals surface area contributed by atoms with Crippen molar-refractivity contribution in [3.05, 3.63) is 35.9 Å². The molecule has 2 aliphatic rings. The summed E-state index contributed by atoms with van der Waals surface area (Å²) in [6.45, 7) is 2.79. The largest absolute Gasteiger partial charge is 0.462 e. The van der Waals surface area contributed by atoms with Gasteiger partial charge in [-0.05, 0) is 12.5 Å². The first-order valence-electron chi connectivity index (χ1n) is 6.58. The third-order valence-corrected chi connectivity index (χ3v) is 3.46. The lowest BCUT2D eigenvalue weighted by Gasteiger charge is -2.34. The van der Waals surface area contributed by atoms with E-state index in [4.69, 9.17) is 14.3 Å². The highest BCUT2D eigenvalue weighted by molar-refractivity contribution is 5.76. The van der Waals surface area contributed by atoms with Crippen LogP contribution in [0.1, 0.15) is 24.9 Å². The number of hydrogen-bond acceptors (Lipinski definition) is 5. The molecule has 0 radical (unpaired) electrons. The molecule has 5 heteroatoms. The molecule has 0 spiro atoms. The van der Waals surface area contributed by atoms with Gasteiger partial charge in [-0.15, -0.1) is 0 Å². The third kappa shape index (κ3) is 2.36. The van der Waals surface area contributed by atoms with Crippen molar-refractivity contribution in [3.8, 4) is 0 Å². The second-order valence-corrected chi connectivity index (χ2v) is 4.66. The Morgan fingerprint density at radius 2 is 2.11 bits per heavy atom. The van der Waals surface area contributed by atoms with Gasteiger partial charge in [0.15, 0.2) is 6.29 Å². The monoisotopic (exact) mass is 263 g/mol. The summed E-state index contributed by atoms with van der Waals surface area (Å²) in [7, 11) is 0. The lowest BCUT2D eigenvalue weighted by Crippen LogP contribution is -2.46. The fourth-order valence-corrected chi connectivity index (χ4v) is 2.56. The predicted octanol–water partition coefficient (Wildman–Crippen LogP) is 1.65. The van der Waals surface area contributed by atoms with Gasteiger partial charge in [0.1, 0.15) is 12.6 Å². The smallest absolute Gasteiger partial charge is 0.326 e. The number of benzene rings is 1. The first-order chi connectivity index (χ1) is 9.29. The second kappa shape index (κ2) is 5.28. The number of morpholine rings is 1. The van der Waals surface area contributed by atoms with Gasteiger partial charge in [0.25, 0.3) is 0 Å². The van der Waals surface area contributed by atoms with E-state index in [2.05, 4.69) is 0 Å². The Bertz CT molecular complexity index is 450. The number of hydroxylamine groups is 2. The highest BCUT2D eigenvalue weighted by Gasteiger charge is 2.47. The van der Waals surface area contributed by atoms with E-state index in [1.165, 1.54) is 0 Å². The maximum Gasteiger partial charge on any atom is 0.326 e. The van der Waals surface area contributed by atoms with Gasteiger partial charge < -0.3 is 9.47 Å².